The molecule has 3 aliphatic carbocycles. The molecule has 2 radical (unpaired) electrons. The lowest BCUT2D eigenvalue weighted by molar-refractivity contribution is 0.0832. The van der Waals surface area contributed by atoms with Crippen molar-refractivity contribution in [3.05, 3.63) is 121 Å². The summed E-state index contributed by atoms with van der Waals surface area (Å²) >= 11 is 0. The number of hydrogen-bond acceptors (Lipinski definition) is 3. The van der Waals surface area contributed by atoms with Crippen molar-refractivity contribution in [3.8, 4) is 45.3 Å². The van der Waals surface area contributed by atoms with E-state index in [1.165, 1.54) is 55.2 Å². The molecule has 1 heterocycles. The molecular weight excluding hydrogens is 545 g/mol. The van der Waals surface area contributed by atoms with Crippen molar-refractivity contribution < 1.29 is 0 Å². The lowest BCUT2D eigenvalue weighted by Gasteiger charge is -2.51. The summed E-state index contributed by atoms with van der Waals surface area (Å²) in [6.07, 6.45) is 8.25. The number of fused-ring (bicyclic) bond motifs is 5. The summed E-state index contributed by atoms with van der Waals surface area (Å²) in [6.45, 7) is 2.44. The number of nitrogens with zero attached hydrogens (tertiary/aromatic N) is 3. The van der Waals surface area contributed by atoms with Crippen LogP contribution in [0.4, 0.5) is 0 Å². The van der Waals surface area contributed by atoms with E-state index >= 15 is 0 Å². The smallest absolute Gasteiger partial charge is 0.164 e. The largest absolute Gasteiger partial charge is 0.208 e. The zero-order chi connectivity index (χ0) is 30.4. The van der Waals surface area contributed by atoms with Gasteiger partial charge in [0.1, 0.15) is 7.85 Å². The Bertz CT molecular complexity index is 1970. The molecule has 45 heavy (non-hydrogen) atoms. The molecule has 6 aromatic rings. The van der Waals surface area contributed by atoms with Crippen LogP contribution in [0.5, 0.6) is 0 Å². The molecule has 3 nitrogen and oxygen atoms in total. The average molecular weight is 582 g/mol. The van der Waals surface area contributed by atoms with Crippen LogP contribution in [0.2, 0.25) is 0 Å². The second kappa shape index (κ2) is 11.4. The van der Waals surface area contributed by atoms with Crippen LogP contribution in [0.15, 0.2) is 115 Å². The molecule has 0 amide bonds. The monoisotopic (exact) mass is 581 g/mol. The predicted octanol–water partition coefficient (Wildman–Crippen LogP) is 9.34. The molecule has 3 saturated carbocycles. The first kappa shape index (κ1) is 27.9. The molecule has 4 heteroatoms. The Morgan fingerprint density at radius 3 is 1.87 bits per heavy atom. The van der Waals surface area contributed by atoms with Crippen molar-refractivity contribution in [2.45, 2.75) is 50.9 Å². The molecule has 218 valence electrons. The van der Waals surface area contributed by atoms with E-state index in [1.807, 2.05) is 48.5 Å². The second-order valence-electron chi connectivity index (χ2n) is 13.4. The van der Waals surface area contributed by atoms with E-state index in [4.69, 9.17) is 22.8 Å². The number of hydrogen-bond donors (Lipinski definition) is 0. The normalized spacial score (nSPS) is 21.1. The Balaban J connectivity index is 1.10. The third kappa shape index (κ3) is 5.48. The van der Waals surface area contributed by atoms with E-state index in [9.17, 15) is 0 Å². The van der Waals surface area contributed by atoms with Gasteiger partial charge in [0.05, 0.1) is 0 Å². The molecule has 1 atom stereocenters. The molecular formula is C41H36BN3. The molecule has 1 unspecified atom stereocenters. The summed E-state index contributed by atoms with van der Waals surface area (Å²) in [4.78, 5) is 14.8. The Morgan fingerprint density at radius 2 is 1.16 bits per heavy atom. The minimum absolute atomic E-state index is 0.415. The summed E-state index contributed by atoms with van der Waals surface area (Å²) in [7, 11) is 6.01. The highest BCUT2D eigenvalue weighted by Gasteiger charge is 2.46. The Morgan fingerprint density at radius 1 is 0.600 bits per heavy atom. The fraction of sp³-hybridized carbons (Fsp3) is 0.244. The minimum atomic E-state index is 0.415. The van der Waals surface area contributed by atoms with E-state index in [0.717, 1.165) is 44.8 Å². The van der Waals surface area contributed by atoms with Gasteiger partial charge in [-0.25, -0.2) is 15.0 Å². The first-order valence-corrected chi connectivity index (χ1v) is 16.3. The van der Waals surface area contributed by atoms with E-state index in [1.54, 1.807) is 0 Å². The number of rotatable bonds is 5. The number of benzene rings is 5. The highest BCUT2D eigenvalue weighted by molar-refractivity contribution is 6.33. The van der Waals surface area contributed by atoms with Crippen LogP contribution in [0.1, 0.15) is 51.0 Å². The molecule has 5 aromatic carbocycles. The summed E-state index contributed by atoms with van der Waals surface area (Å²) < 4.78 is 0. The van der Waals surface area contributed by atoms with Crippen molar-refractivity contribution in [1.29, 1.82) is 0 Å². The van der Waals surface area contributed by atoms with Gasteiger partial charge in [0, 0.05) is 16.7 Å². The van der Waals surface area contributed by atoms with Gasteiger partial charge in [-0.2, -0.15) is 0 Å². The highest BCUT2D eigenvalue weighted by atomic mass is 15.0. The van der Waals surface area contributed by atoms with Gasteiger partial charge >= 0.3 is 0 Å². The van der Waals surface area contributed by atoms with Crippen LogP contribution in [-0.4, -0.2) is 22.8 Å². The molecule has 0 N–H and O–H groups in total. The summed E-state index contributed by atoms with van der Waals surface area (Å²) in [5.41, 5.74) is 8.03. The van der Waals surface area contributed by atoms with Crippen molar-refractivity contribution in [3.63, 3.8) is 0 Å². The summed E-state index contributed by atoms with van der Waals surface area (Å²) in [5, 5.41) is 2.19. The van der Waals surface area contributed by atoms with Crippen LogP contribution in [0, 0.1) is 11.8 Å². The highest BCUT2D eigenvalue weighted by Crippen LogP contribution is 2.55. The molecule has 9 rings (SSSR count). The first-order chi connectivity index (χ1) is 22.0. The summed E-state index contributed by atoms with van der Waals surface area (Å²) in [6, 6.07) is 40.4. The van der Waals surface area contributed by atoms with Crippen LogP contribution in [-0.2, 0) is 5.41 Å². The van der Waals surface area contributed by atoms with Crippen molar-refractivity contribution in [2.75, 3.05) is 0 Å². The predicted molar refractivity (Wildman–Crippen MR) is 186 cm³/mol. The van der Waals surface area contributed by atoms with Crippen LogP contribution in [0.3, 0.4) is 0 Å². The van der Waals surface area contributed by atoms with E-state index < -0.39 is 0 Å². The maximum absolute atomic E-state index is 6.01. The van der Waals surface area contributed by atoms with Gasteiger partial charge < -0.3 is 0 Å². The Kier molecular flexibility index (Phi) is 7.09. The fourth-order valence-electron chi connectivity index (χ4n) is 7.85. The van der Waals surface area contributed by atoms with Gasteiger partial charge in [-0.1, -0.05) is 134 Å². The van der Waals surface area contributed by atoms with Gasteiger partial charge in [-0.15, -0.1) is 0 Å². The van der Waals surface area contributed by atoms with Gasteiger partial charge in [0.2, 0.25) is 0 Å². The third-order valence-corrected chi connectivity index (χ3v) is 10.2. The zero-order valence-electron chi connectivity index (χ0n) is 25.8. The molecule has 2 bridgehead atoms. The molecule has 0 spiro atoms. The van der Waals surface area contributed by atoms with Gasteiger partial charge in [0.15, 0.2) is 17.5 Å². The zero-order valence-corrected chi connectivity index (χ0v) is 25.8. The maximum Gasteiger partial charge on any atom is 0.164 e. The Hall–Kier alpha value is -4.57. The van der Waals surface area contributed by atoms with Crippen LogP contribution >= 0.6 is 0 Å². The lowest BCUT2D eigenvalue weighted by atomic mass is 9.53. The maximum atomic E-state index is 6.01. The topological polar surface area (TPSA) is 38.7 Å². The lowest BCUT2D eigenvalue weighted by Crippen LogP contribution is -2.43. The van der Waals surface area contributed by atoms with Crippen LogP contribution in [0.25, 0.3) is 56.1 Å². The molecule has 0 saturated heterocycles. The van der Waals surface area contributed by atoms with Crippen molar-refractivity contribution in [1.82, 2.24) is 15.0 Å². The fourth-order valence-corrected chi connectivity index (χ4v) is 7.85. The molecule has 0 aliphatic heterocycles. The SMILES string of the molecule is [B]c1ccc2cc(-c3nc(-c4ccccc4)nc(-c4ccc(-c5ccc(C67CCCC(C)CC(C6)C7)cc5)cc4)n3)ccc2c1. The van der Waals surface area contributed by atoms with Crippen molar-refractivity contribution >= 4 is 24.1 Å². The minimum Gasteiger partial charge on any atom is -0.208 e. The standard InChI is InChI=1S/C41H36BN3/c1-27-6-5-21-41(25-28(22-27)26-41)36-18-15-30(16-19-36)29-9-11-32(12-10-29)39-43-38(31-7-3-2-4-8-31)44-40(45-39)35-14-13-34-24-37(42)20-17-33(34)23-35/h2-4,7-20,23-24,27-28H,5-6,21-22,25-26H2,1H3. The molecule has 3 aliphatic rings. The number of aromatic nitrogens is 3. The van der Waals surface area contributed by atoms with Crippen LogP contribution < -0.4 is 5.46 Å². The van der Waals surface area contributed by atoms with Crippen molar-refractivity contribution in [2.24, 2.45) is 11.8 Å². The first-order valence-electron chi connectivity index (χ1n) is 16.3. The molecule has 3 fully saturated rings. The van der Waals surface area contributed by atoms with E-state index in [2.05, 4.69) is 73.7 Å². The quantitative estimate of drug-likeness (QED) is 0.191. The Labute approximate surface area is 267 Å². The average Bonchev–Trinajstić information content (AvgIpc) is 3.06. The van der Waals surface area contributed by atoms with E-state index in [-0.39, 0.29) is 0 Å². The van der Waals surface area contributed by atoms with E-state index in [0.29, 0.717) is 22.9 Å². The summed E-state index contributed by atoms with van der Waals surface area (Å²) in [5.74, 6) is 3.79. The third-order valence-electron chi connectivity index (χ3n) is 10.2. The molecule has 1 aromatic heterocycles. The second-order valence-corrected chi connectivity index (χ2v) is 13.4. The van der Waals surface area contributed by atoms with Gasteiger partial charge in [-0.05, 0) is 76.5 Å². The van der Waals surface area contributed by atoms with Gasteiger partial charge in [0.25, 0.3) is 0 Å². The van der Waals surface area contributed by atoms with Gasteiger partial charge in [-0.3, -0.25) is 0 Å².